The van der Waals surface area contributed by atoms with Gasteiger partial charge in [0.15, 0.2) is 0 Å². The molecule has 0 saturated carbocycles. The summed E-state index contributed by atoms with van der Waals surface area (Å²) in [6, 6.07) is 0. The Hall–Kier alpha value is -0.0800. The lowest BCUT2D eigenvalue weighted by molar-refractivity contribution is 0.153. The second kappa shape index (κ2) is 7.49. The number of rotatable bonds is 8. The maximum atomic E-state index is 3.81. The molecule has 108 valence electrons. The summed E-state index contributed by atoms with van der Waals surface area (Å²) in [5.74, 6) is 1.53. The van der Waals surface area contributed by atoms with E-state index < -0.39 is 0 Å². The highest BCUT2D eigenvalue weighted by molar-refractivity contribution is 4.95. The Bertz CT molecular complexity index is 207. The average Bonchev–Trinajstić information content (AvgIpc) is 2.64. The number of hydrogen-bond donors (Lipinski definition) is 1. The van der Waals surface area contributed by atoms with Gasteiger partial charge in [-0.15, -0.1) is 0 Å². The quantitative estimate of drug-likeness (QED) is 0.713. The van der Waals surface area contributed by atoms with Crippen molar-refractivity contribution < 1.29 is 0 Å². The van der Waals surface area contributed by atoms with Crippen LogP contribution in [0.3, 0.4) is 0 Å². The van der Waals surface area contributed by atoms with Crippen molar-refractivity contribution in [3.05, 3.63) is 0 Å². The van der Waals surface area contributed by atoms with E-state index in [9.17, 15) is 0 Å². The third-order valence-corrected chi connectivity index (χ3v) is 3.83. The van der Waals surface area contributed by atoms with Crippen LogP contribution in [0.2, 0.25) is 0 Å². The van der Waals surface area contributed by atoms with E-state index in [4.69, 9.17) is 0 Å². The highest BCUT2D eigenvalue weighted by Gasteiger charge is 2.34. The number of nitrogens with zero attached hydrogens (tertiary/aromatic N) is 1. The van der Waals surface area contributed by atoms with Gasteiger partial charge in [0.25, 0.3) is 0 Å². The van der Waals surface area contributed by atoms with Gasteiger partial charge in [0.2, 0.25) is 0 Å². The summed E-state index contributed by atoms with van der Waals surface area (Å²) >= 11 is 0. The molecule has 1 saturated heterocycles. The molecule has 1 heterocycles. The maximum absolute atomic E-state index is 3.81. The summed E-state index contributed by atoms with van der Waals surface area (Å²) in [5, 5.41) is 3.81. The predicted molar refractivity (Wildman–Crippen MR) is 81.0 cm³/mol. The summed E-state index contributed by atoms with van der Waals surface area (Å²) in [4.78, 5) is 2.70. The smallest absolute Gasteiger partial charge is 0.0309 e. The zero-order valence-electron chi connectivity index (χ0n) is 13.3. The molecule has 0 amide bonds. The van der Waals surface area contributed by atoms with Crippen LogP contribution in [-0.4, -0.2) is 36.6 Å². The van der Waals surface area contributed by atoms with Gasteiger partial charge in [-0.3, -0.25) is 0 Å². The van der Waals surface area contributed by atoms with Gasteiger partial charge in [0.1, 0.15) is 0 Å². The summed E-state index contributed by atoms with van der Waals surface area (Å²) < 4.78 is 0. The summed E-state index contributed by atoms with van der Waals surface area (Å²) in [6.07, 6.45) is 5.36. The van der Waals surface area contributed by atoms with Crippen LogP contribution in [0.4, 0.5) is 0 Å². The summed E-state index contributed by atoms with van der Waals surface area (Å²) in [5.41, 5.74) is 0.415. The SMILES string of the molecule is CCCC1(CN(CC(C)C)CC(C)C)CCCN1. The van der Waals surface area contributed by atoms with Gasteiger partial charge in [-0.2, -0.15) is 0 Å². The van der Waals surface area contributed by atoms with Gasteiger partial charge in [-0.1, -0.05) is 41.0 Å². The zero-order valence-corrected chi connectivity index (χ0v) is 13.3. The normalized spacial score (nSPS) is 24.7. The largest absolute Gasteiger partial charge is 0.310 e. The fourth-order valence-corrected chi connectivity index (χ4v) is 3.44. The van der Waals surface area contributed by atoms with Gasteiger partial charge in [0, 0.05) is 25.2 Å². The second-order valence-corrected chi connectivity index (χ2v) is 7.04. The summed E-state index contributed by atoms with van der Waals surface area (Å²) in [6.45, 7) is 16.6. The van der Waals surface area contributed by atoms with E-state index in [0.717, 1.165) is 11.8 Å². The minimum Gasteiger partial charge on any atom is -0.310 e. The van der Waals surface area contributed by atoms with E-state index in [-0.39, 0.29) is 0 Å². The van der Waals surface area contributed by atoms with Gasteiger partial charge in [0.05, 0.1) is 0 Å². The molecule has 2 heteroatoms. The van der Waals surface area contributed by atoms with Crippen molar-refractivity contribution in [2.45, 2.75) is 65.8 Å². The van der Waals surface area contributed by atoms with E-state index >= 15 is 0 Å². The Labute approximate surface area is 115 Å². The Morgan fingerprint density at radius 3 is 2.11 bits per heavy atom. The van der Waals surface area contributed by atoms with Crippen molar-refractivity contribution in [1.29, 1.82) is 0 Å². The molecular weight excluding hydrogens is 220 g/mol. The molecule has 0 spiro atoms. The van der Waals surface area contributed by atoms with Crippen LogP contribution in [0, 0.1) is 11.8 Å². The predicted octanol–water partition coefficient (Wildman–Crippen LogP) is 3.52. The van der Waals surface area contributed by atoms with Crippen LogP contribution in [-0.2, 0) is 0 Å². The first-order chi connectivity index (χ1) is 8.47. The van der Waals surface area contributed by atoms with E-state index in [1.165, 1.54) is 51.9 Å². The average molecular weight is 254 g/mol. The molecule has 0 aromatic heterocycles. The topological polar surface area (TPSA) is 15.3 Å². The van der Waals surface area contributed by atoms with E-state index in [1.807, 2.05) is 0 Å². The molecule has 1 aliphatic heterocycles. The standard InChI is InChI=1S/C16H34N2/c1-6-8-16(9-7-10-17-16)13-18(11-14(2)3)12-15(4)5/h14-15,17H,6-13H2,1-5H3. The van der Waals surface area contributed by atoms with Gasteiger partial charge in [-0.25, -0.2) is 0 Å². The van der Waals surface area contributed by atoms with E-state index in [0.29, 0.717) is 5.54 Å². The third kappa shape index (κ3) is 5.27. The molecule has 0 aromatic carbocycles. The fourth-order valence-electron chi connectivity index (χ4n) is 3.44. The lowest BCUT2D eigenvalue weighted by Crippen LogP contribution is -2.51. The van der Waals surface area contributed by atoms with Crippen LogP contribution in [0.15, 0.2) is 0 Å². The van der Waals surface area contributed by atoms with Crippen LogP contribution in [0.1, 0.15) is 60.3 Å². The molecule has 18 heavy (non-hydrogen) atoms. The van der Waals surface area contributed by atoms with Crippen molar-refractivity contribution in [3.8, 4) is 0 Å². The molecule has 1 atom stereocenters. The Kier molecular flexibility index (Phi) is 6.65. The first-order valence-corrected chi connectivity index (χ1v) is 7.95. The Morgan fingerprint density at radius 2 is 1.72 bits per heavy atom. The van der Waals surface area contributed by atoms with Crippen LogP contribution < -0.4 is 5.32 Å². The van der Waals surface area contributed by atoms with Crippen molar-refractivity contribution >= 4 is 0 Å². The molecule has 0 bridgehead atoms. The highest BCUT2D eigenvalue weighted by Crippen LogP contribution is 2.26. The molecule has 1 aliphatic rings. The summed E-state index contributed by atoms with van der Waals surface area (Å²) in [7, 11) is 0. The lowest BCUT2D eigenvalue weighted by atomic mass is 9.90. The Morgan fingerprint density at radius 1 is 1.11 bits per heavy atom. The third-order valence-electron chi connectivity index (χ3n) is 3.83. The van der Waals surface area contributed by atoms with Crippen molar-refractivity contribution in [3.63, 3.8) is 0 Å². The molecule has 0 aliphatic carbocycles. The molecule has 0 aromatic rings. The molecule has 2 nitrogen and oxygen atoms in total. The van der Waals surface area contributed by atoms with Crippen LogP contribution in [0.25, 0.3) is 0 Å². The van der Waals surface area contributed by atoms with Crippen LogP contribution >= 0.6 is 0 Å². The first kappa shape index (κ1) is 16.0. The molecular formula is C16H34N2. The number of nitrogens with one attached hydrogen (secondary N) is 1. The zero-order chi connectivity index (χ0) is 13.6. The van der Waals surface area contributed by atoms with E-state index in [1.54, 1.807) is 0 Å². The van der Waals surface area contributed by atoms with Gasteiger partial charge >= 0.3 is 0 Å². The molecule has 0 radical (unpaired) electrons. The monoisotopic (exact) mass is 254 g/mol. The molecule has 1 unspecified atom stereocenters. The lowest BCUT2D eigenvalue weighted by Gasteiger charge is -2.37. The van der Waals surface area contributed by atoms with Gasteiger partial charge < -0.3 is 10.2 Å². The second-order valence-electron chi connectivity index (χ2n) is 7.04. The molecule has 1 fully saturated rings. The van der Waals surface area contributed by atoms with Gasteiger partial charge in [-0.05, 0) is 37.6 Å². The van der Waals surface area contributed by atoms with Crippen molar-refractivity contribution in [1.82, 2.24) is 10.2 Å². The first-order valence-electron chi connectivity index (χ1n) is 7.95. The van der Waals surface area contributed by atoms with E-state index in [2.05, 4.69) is 44.8 Å². The minimum absolute atomic E-state index is 0.415. The van der Waals surface area contributed by atoms with Crippen LogP contribution in [0.5, 0.6) is 0 Å². The fraction of sp³-hybridized carbons (Fsp3) is 1.00. The highest BCUT2D eigenvalue weighted by atomic mass is 15.2. The van der Waals surface area contributed by atoms with Crippen molar-refractivity contribution in [2.75, 3.05) is 26.2 Å². The van der Waals surface area contributed by atoms with Crippen molar-refractivity contribution in [2.24, 2.45) is 11.8 Å². The maximum Gasteiger partial charge on any atom is 0.0309 e. The Balaban J connectivity index is 2.60. The molecule has 1 N–H and O–H groups in total. The minimum atomic E-state index is 0.415. The molecule has 1 rings (SSSR count). The number of hydrogen-bond acceptors (Lipinski definition) is 2.